The Hall–Kier alpha value is -2.76. The Balaban J connectivity index is 1.44. The molecule has 27 heavy (non-hydrogen) atoms. The normalized spacial score (nSPS) is 20.6. The van der Waals surface area contributed by atoms with Gasteiger partial charge < -0.3 is 4.74 Å². The molecule has 0 aromatic carbocycles. The molecule has 6 heteroatoms. The van der Waals surface area contributed by atoms with E-state index in [1.54, 1.807) is 23.4 Å². The molecule has 2 aromatic rings. The number of anilines is 2. The van der Waals surface area contributed by atoms with Gasteiger partial charge in [-0.1, -0.05) is 13.0 Å². The van der Waals surface area contributed by atoms with Crippen LogP contribution in [-0.4, -0.2) is 27.0 Å². The number of ether oxygens (including phenoxy) is 1. The van der Waals surface area contributed by atoms with Crippen molar-refractivity contribution in [1.29, 1.82) is 0 Å². The second-order valence-corrected chi connectivity index (χ2v) is 7.62. The van der Waals surface area contributed by atoms with Crippen molar-refractivity contribution < 1.29 is 9.53 Å². The zero-order chi connectivity index (χ0) is 18.4. The Kier molecular flexibility index (Phi) is 3.74. The number of amides is 1. The van der Waals surface area contributed by atoms with Crippen LogP contribution in [0, 0.1) is 0 Å². The first kappa shape index (κ1) is 16.4. The van der Waals surface area contributed by atoms with Crippen LogP contribution in [0.3, 0.4) is 0 Å². The number of rotatable bonds is 4. The van der Waals surface area contributed by atoms with Gasteiger partial charge in [-0.2, -0.15) is 0 Å². The molecule has 5 rings (SSSR count). The lowest BCUT2D eigenvalue weighted by Gasteiger charge is -2.23. The van der Waals surface area contributed by atoms with E-state index >= 15 is 0 Å². The van der Waals surface area contributed by atoms with Gasteiger partial charge in [0.1, 0.15) is 11.9 Å². The number of hydrogen-bond donors (Lipinski definition) is 0. The summed E-state index contributed by atoms with van der Waals surface area (Å²) in [5.74, 6) is 1.86. The van der Waals surface area contributed by atoms with E-state index in [-0.39, 0.29) is 12.0 Å². The van der Waals surface area contributed by atoms with Crippen molar-refractivity contribution in [2.24, 2.45) is 0 Å². The van der Waals surface area contributed by atoms with Crippen molar-refractivity contribution in [2.75, 3.05) is 4.90 Å². The summed E-state index contributed by atoms with van der Waals surface area (Å²) >= 11 is 0. The quantitative estimate of drug-likeness (QED) is 0.824. The summed E-state index contributed by atoms with van der Waals surface area (Å²) in [6.45, 7) is 3.73. The lowest BCUT2D eigenvalue weighted by molar-refractivity contribution is -0.119. The monoisotopic (exact) mass is 362 g/mol. The van der Waals surface area contributed by atoms with Gasteiger partial charge in [0.15, 0.2) is 5.82 Å². The summed E-state index contributed by atoms with van der Waals surface area (Å²) in [6.07, 6.45) is 12.9. The number of pyridine rings is 1. The minimum absolute atomic E-state index is 0.0655. The van der Waals surface area contributed by atoms with Crippen LogP contribution in [-0.2, 0) is 10.2 Å². The molecule has 2 aliphatic carbocycles. The number of nitrogens with zero attached hydrogens (tertiary/aromatic N) is 4. The first-order valence-electron chi connectivity index (χ1n) is 9.68. The standard InChI is InChI=1S/C21H22N4O2/c1-2-17-22-13-16-19(24-17)25(20(26)21(16)10-11-21)14-8-9-18(23-12-14)27-15-6-4-3-5-7-15/h2,8-9,12-13,15H,1,3-7,10-11H2. The van der Waals surface area contributed by atoms with E-state index < -0.39 is 5.41 Å². The van der Waals surface area contributed by atoms with Crippen LogP contribution in [0.4, 0.5) is 11.5 Å². The summed E-state index contributed by atoms with van der Waals surface area (Å²) in [4.78, 5) is 28.1. The van der Waals surface area contributed by atoms with Crippen molar-refractivity contribution in [2.45, 2.75) is 56.5 Å². The highest BCUT2D eigenvalue weighted by Crippen LogP contribution is 2.58. The maximum atomic E-state index is 13.1. The Morgan fingerprint density at radius 1 is 1.15 bits per heavy atom. The molecule has 0 N–H and O–H groups in total. The number of fused-ring (bicyclic) bond motifs is 2. The van der Waals surface area contributed by atoms with E-state index in [2.05, 4.69) is 21.5 Å². The van der Waals surface area contributed by atoms with Crippen molar-refractivity contribution >= 4 is 23.5 Å². The highest BCUT2D eigenvalue weighted by Gasteiger charge is 2.60. The molecule has 1 amide bonds. The first-order chi connectivity index (χ1) is 13.2. The van der Waals surface area contributed by atoms with Crippen LogP contribution >= 0.6 is 0 Å². The highest BCUT2D eigenvalue weighted by molar-refractivity contribution is 6.13. The zero-order valence-corrected chi connectivity index (χ0v) is 15.2. The fraction of sp³-hybridized carbons (Fsp3) is 0.429. The van der Waals surface area contributed by atoms with Gasteiger partial charge in [-0.15, -0.1) is 0 Å². The van der Waals surface area contributed by atoms with Crippen LogP contribution in [0.5, 0.6) is 5.88 Å². The minimum Gasteiger partial charge on any atom is -0.474 e. The molecule has 2 aromatic heterocycles. The van der Waals surface area contributed by atoms with Crippen molar-refractivity contribution in [3.05, 3.63) is 42.5 Å². The van der Waals surface area contributed by atoms with Crippen molar-refractivity contribution in [3.8, 4) is 5.88 Å². The summed E-state index contributed by atoms with van der Waals surface area (Å²) in [5.41, 5.74) is 1.20. The average Bonchev–Trinajstić information content (AvgIpc) is 3.48. The molecule has 0 bridgehead atoms. The van der Waals surface area contributed by atoms with Gasteiger partial charge in [0.05, 0.1) is 17.3 Å². The van der Waals surface area contributed by atoms with Gasteiger partial charge in [-0.05, 0) is 50.7 Å². The minimum atomic E-state index is -0.438. The van der Waals surface area contributed by atoms with E-state index in [0.717, 1.165) is 36.9 Å². The predicted molar refractivity (Wildman–Crippen MR) is 102 cm³/mol. The molecule has 1 aliphatic heterocycles. The van der Waals surface area contributed by atoms with E-state index in [1.807, 2.05) is 12.1 Å². The number of carbonyl (C=O) groups is 1. The number of hydrogen-bond acceptors (Lipinski definition) is 5. The van der Waals surface area contributed by atoms with E-state index in [4.69, 9.17) is 4.74 Å². The van der Waals surface area contributed by atoms with E-state index in [9.17, 15) is 4.79 Å². The Morgan fingerprint density at radius 3 is 2.63 bits per heavy atom. The molecule has 0 atom stereocenters. The molecule has 2 fully saturated rings. The molecule has 3 aliphatic rings. The lowest BCUT2D eigenvalue weighted by Crippen LogP contribution is -2.28. The summed E-state index contributed by atoms with van der Waals surface area (Å²) in [5, 5.41) is 0. The molecule has 2 saturated carbocycles. The van der Waals surface area contributed by atoms with Gasteiger partial charge in [-0.3, -0.25) is 9.69 Å². The third-order valence-electron chi connectivity index (χ3n) is 5.88. The molecular formula is C21H22N4O2. The molecule has 0 radical (unpaired) electrons. The van der Waals surface area contributed by atoms with E-state index in [1.165, 1.54) is 19.3 Å². The Morgan fingerprint density at radius 2 is 1.96 bits per heavy atom. The molecule has 6 nitrogen and oxygen atoms in total. The zero-order valence-electron chi connectivity index (χ0n) is 15.2. The van der Waals surface area contributed by atoms with Crippen LogP contribution in [0.15, 0.2) is 31.1 Å². The van der Waals surface area contributed by atoms with Crippen LogP contribution in [0.25, 0.3) is 6.08 Å². The summed E-state index contributed by atoms with van der Waals surface area (Å²) in [7, 11) is 0. The van der Waals surface area contributed by atoms with Crippen LogP contribution < -0.4 is 9.64 Å². The third-order valence-corrected chi connectivity index (χ3v) is 5.88. The largest absolute Gasteiger partial charge is 0.474 e. The summed E-state index contributed by atoms with van der Waals surface area (Å²) in [6, 6.07) is 3.74. The molecule has 1 spiro atoms. The summed E-state index contributed by atoms with van der Waals surface area (Å²) < 4.78 is 6.01. The third kappa shape index (κ3) is 2.62. The van der Waals surface area contributed by atoms with Gasteiger partial charge >= 0.3 is 0 Å². The van der Waals surface area contributed by atoms with Gasteiger partial charge in [0, 0.05) is 17.8 Å². The Bertz CT molecular complexity index is 899. The predicted octanol–water partition coefficient (Wildman–Crippen LogP) is 3.94. The highest BCUT2D eigenvalue weighted by atomic mass is 16.5. The van der Waals surface area contributed by atoms with Crippen molar-refractivity contribution in [1.82, 2.24) is 15.0 Å². The second kappa shape index (κ2) is 6.15. The fourth-order valence-electron chi connectivity index (χ4n) is 4.19. The smallest absolute Gasteiger partial charge is 0.243 e. The fourth-order valence-corrected chi connectivity index (χ4v) is 4.19. The molecule has 138 valence electrons. The lowest BCUT2D eigenvalue weighted by atomic mass is 9.98. The number of carbonyl (C=O) groups excluding carboxylic acids is 1. The molecular weight excluding hydrogens is 340 g/mol. The number of aromatic nitrogens is 3. The van der Waals surface area contributed by atoms with Crippen LogP contribution in [0.1, 0.15) is 56.3 Å². The van der Waals surface area contributed by atoms with Gasteiger partial charge in [0.2, 0.25) is 11.8 Å². The maximum Gasteiger partial charge on any atom is 0.243 e. The average molecular weight is 362 g/mol. The molecule has 0 saturated heterocycles. The van der Waals surface area contributed by atoms with Gasteiger partial charge in [-0.25, -0.2) is 15.0 Å². The maximum absolute atomic E-state index is 13.1. The first-order valence-corrected chi connectivity index (χ1v) is 9.68. The second-order valence-electron chi connectivity index (χ2n) is 7.62. The van der Waals surface area contributed by atoms with Gasteiger partial charge in [0.25, 0.3) is 0 Å². The molecule has 3 heterocycles. The van der Waals surface area contributed by atoms with Crippen LogP contribution in [0.2, 0.25) is 0 Å². The van der Waals surface area contributed by atoms with Crippen molar-refractivity contribution in [3.63, 3.8) is 0 Å². The molecule has 0 unspecified atom stereocenters. The Labute approximate surface area is 158 Å². The van der Waals surface area contributed by atoms with E-state index in [0.29, 0.717) is 17.5 Å². The SMILES string of the molecule is C=Cc1ncc2c(n1)N(c1ccc(OC3CCCCC3)nc1)C(=O)C21CC1. The topological polar surface area (TPSA) is 68.2 Å².